The number of hydrogen-bond donors (Lipinski definition) is 1. The lowest BCUT2D eigenvalue weighted by molar-refractivity contribution is -0.142. The van der Waals surface area contributed by atoms with E-state index in [4.69, 9.17) is 9.84 Å². The minimum absolute atomic E-state index is 0.0187. The van der Waals surface area contributed by atoms with Gasteiger partial charge in [0, 0.05) is 13.1 Å². The fourth-order valence-electron chi connectivity index (χ4n) is 1.46. The van der Waals surface area contributed by atoms with E-state index in [1.165, 1.54) is 6.08 Å². The summed E-state index contributed by atoms with van der Waals surface area (Å²) in [5.74, 6) is -0.103. The Morgan fingerprint density at radius 3 is 3.00 bits per heavy atom. The van der Waals surface area contributed by atoms with Crippen LogP contribution in [-0.2, 0) is 9.53 Å². The maximum Gasteiger partial charge on any atom is 0.246 e. The van der Waals surface area contributed by atoms with Crippen molar-refractivity contribution in [2.45, 2.75) is 19.1 Å². The molecule has 1 aliphatic rings. The molecule has 1 rings (SSSR count). The molecule has 13 heavy (non-hydrogen) atoms. The van der Waals surface area contributed by atoms with Crippen molar-refractivity contribution in [3.63, 3.8) is 0 Å². The van der Waals surface area contributed by atoms with Crippen LogP contribution in [0.2, 0.25) is 0 Å². The highest BCUT2D eigenvalue weighted by Gasteiger charge is 2.26. The summed E-state index contributed by atoms with van der Waals surface area (Å²) in [6.45, 7) is 6.27. The molecule has 1 fully saturated rings. The van der Waals surface area contributed by atoms with Crippen LogP contribution in [0.25, 0.3) is 0 Å². The molecule has 0 aromatic rings. The molecule has 1 aliphatic heterocycles. The molecule has 4 nitrogen and oxygen atoms in total. The molecule has 0 bridgehead atoms. The largest absolute Gasteiger partial charge is 0.394 e. The molecule has 0 spiro atoms. The van der Waals surface area contributed by atoms with Crippen molar-refractivity contribution in [1.29, 1.82) is 0 Å². The second-order valence-corrected chi connectivity index (χ2v) is 3.20. The fourth-order valence-corrected chi connectivity index (χ4v) is 1.46. The number of hydrogen-bond acceptors (Lipinski definition) is 3. The highest BCUT2D eigenvalue weighted by Crippen LogP contribution is 2.10. The van der Waals surface area contributed by atoms with Gasteiger partial charge in [-0.2, -0.15) is 0 Å². The Bertz CT molecular complexity index is 205. The number of amides is 1. The van der Waals surface area contributed by atoms with Crippen LogP contribution >= 0.6 is 0 Å². The van der Waals surface area contributed by atoms with E-state index in [2.05, 4.69) is 6.58 Å². The zero-order chi connectivity index (χ0) is 9.84. The highest BCUT2D eigenvalue weighted by molar-refractivity contribution is 5.87. The Kier molecular flexibility index (Phi) is 3.45. The van der Waals surface area contributed by atoms with Gasteiger partial charge in [0.05, 0.1) is 18.8 Å². The number of aliphatic hydroxyl groups excluding tert-OH is 1. The molecule has 1 saturated heterocycles. The number of aliphatic hydroxyl groups is 1. The molecule has 0 aromatic heterocycles. The van der Waals surface area contributed by atoms with Gasteiger partial charge in [-0.05, 0) is 13.0 Å². The third-order valence-corrected chi connectivity index (χ3v) is 2.02. The molecule has 2 unspecified atom stereocenters. The van der Waals surface area contributed by atoms with E-state index in [1.807, 2.05) is 6.92 Å². The van der Waals surface area contributed by atoms with Gasteiger partial charge < -0.3 is 14.7 Å². The van der Waals surface area contributed by atoms with Gasteiger partial charge in [0.25, 0.3) is 0 Å². The van der Waals surface area contributed by atoms with Crippen molar-refractivity contribution in [3.8, 4) is 0 Å². The number of morpholine rings is 1. The Morgan fingerprint density at radius 1 is 1.77 bits per heavy atom. The van der Waals surface area contributed by atoms with E-state index in [9.17, 15) is 4.79 Å². The van der Waals surface area contributed by atoms with E-state index in [-0.39, 0.29) is 24.7 Å². The van der Waals surface area contributed by atoms with Gasteiger partial charge >= 0.3 is 0 Å². The van der Waals surface area contributed by atoms with E-state index < -0.39 is 0 Å². The molecule has 1 amide bonds. The fraction of sp³-hybridized carbons (Fsp3) is 0.667. The average molecular weight is 185 g/mol. The molecule has 1 heterocycles. The molecule has 74 valence electrons. The molecular formula is C9H15NO3. The Balaban J connectivity index is 2.56. The standard InChI is InChI=1S/C9H15NO3/c1-3-9(12)10-4-7(2)13-8(5-10)6-11/h3,7-8,11H,1,4-6H2,2H3. The van der Waals surface area contributed by atoms with Crippen LogP contribution in [-0.4, -0.2) is 47.8 Å². The predicted octanol–water partition coefficient (Wildman–Crippen LogP) is -0.219. The number of carbonyl (C=O) groups excluding carboxylic acids is 1. The normalized spacial score (nSPS) is 28.6. The molecule has 4 heteroatoms. The highest BCUT2D eigenvalue weighted by atomic mass is 16.5. The van der Waals surface area contributed by atoms with Crippen LogP contribution in [0.15, 0.2) is 12.7 Å². The van der Waals surface area contributed by atoms with Crippen molar-refractivity contribution in [2.24, 2.45) is 0 Å². The van der Waals surface area contributed by atoms with E-state index in [1.54, 1.807) is 4.90 Å². The SMILES string of the molecule is C=CC(=O)N1CC(C)OC(CO)C1. The number of carbonyl (C=O) groups is 1. The summed E-state index contributed by atoms with van der Waals surface area (Å²) in [5.41, 5.74) is 0. The third kappa shape index (κ3) is 2.54. The number of rotatable bonds is 2. The van der Waals surface area contributed by atoms with Crippen molar-refractivity contribution in [3.05, 3.63) is 12.7 Å². The van der Waals surface area contributed by atoms with Gasteiger partial charge in [-0.3, -0.25) is 4.79 Å². The smallest absolute Gasteiger partial charge is 0.246 e. The number of ether oxygens (including phenoxy) is 1. The second kappa shape index (κ2) is 4.39. The van der Waals surface area contributed by atoms with Gasteiger partial charge in [-0.25, -0.2) is 0 Å². The summed E-state index contributed by atoms with van der Waals surface area (Å²) in [6.07, 6.45) is 1.01. The van der Waals surface area contributed by atoms with Crippen molar-refractivity contribution < 1.29 is 14.6 Å². The Morgan fingerprint density at radius 2 is 2.46 bits per heavy atom. The zero-order valence-corrected chi connectivity index (χ0v) is 7.77. The second-order valence-electron chi connectivity index (χ2n) is 3.20. The van der Waals surface area contributed by atoms with Crippen molar-refractivity contribution in [2.75, 3.05) is 19.7 Å². The van der Waals surface area contributed by atoms with E-state index in [0.29, 0.717) is 13.1 Å². The molecule has 0 radical (unpaired) electrons. The summed E-state index contributed by atoms with van der Waals surface area (Å²) < 4.78 is 5.38. The third-order valence-electron chi connectivity index (χ3n) is 2.02. The first-order valence-corrected chi connectivity index (χ1v) is 4.35. The summed E-state index contributed by atoms with van der Waals surface area (Å²) in [5, 5.41) is 8.89. The van der Waals surface area contributed by atoms with Crippen LogP contribution < -0.4 is 0 Å². The first kappa shape index (κ1) is 10.2. The molecule has 0 aliphatic carbocycles. The minimum Gasteiger partial charge on any atom is -0.394 e. The summed E-state index contributed by atoms with van der Waals surface area (Å²) in [4.78, 5) is 12.9. The molecular weight excluding hydrogens is 170 g/mol. The van der Waals surface area contributed by atoms with Crippen LogP contribution in [0, 0.1) is 0 Å². The van der Waals surface area contributed by atoms with E-state index in [0.717, 1.165) is 0 Å². The van der Waals surface area contributed by atoms with Crippen LogP contribution in [0.5, 0.6) is 0 Å². The van der Waals surface area contributed by atoms with Gasteiger partial charge in [0.1, 0.15) is 0 Å². The predicted molar refractivity (Wildman–Crippen MR) is 48.2 cm³/mol. The first-order valence-electron chi connectivity index (χ1n) is 4.35. The maximum absolute atomic E-state index is 11.2. The van der Waals surface area contributed by atoms with Gasteiger partial charge in [0.15, 0.2) is 0 Å². The van der Waals surface area contributed by atoms with Gasteiger partial charge in [0.2, 0.25) is 5.91 Å². The average Bonchev–Trinajstić information content (AvgIpc) is 2.15. The molecule has 0 aromatic carbocycles. The monoisotopic (exact) mass is 185 g/mol. The number of nitrogens with zero attached hydrogens (tertiary/aromatic N) is 1. The van der Waals surface area contributed by atoms with Crippen molar-refractivity contribution >= 4 is 5.91 Å². The minimum atomic E-state index is -0.257. The van der Waals surface area contributed by atoms with Gasteiger partial charge in [-0.1, -0.05) is 6.58 Å². The molecule has 1 N–H and O–H groups in total. The molecule has 0 saturated carbocycles. The Labute approximate surface area is 77.8 Å². The molecule has 2 atom stereocenters. The summed E-state index contributed by atoms with van der Waals surface area (Å²) in [7, 11) is 0. The first-order chi connectivity index (χ1) is 6.17. The summed E-state index contributed by atoms with van der Waals surface area (Å²) >= 11 is 0. The zero-order valence-electron chi connectivity index (χ0n) is 7.77. The lowest BCUT2D eigenvalue weighted by atomic mass is 10.2. The summed E-state index contributed by atoms with van der Waals surface area (Å²) in [6, 6.07) is 0. The quantitative estimate of drug-likeness (QED) is 0.605. The lowest BCUT2D eigenvalue weighted by Gasteiger charge is -2.35. The van der Waals surface area contributed by atoms with Crippen LogP contribution in [0.4, 0.5) is 0 Å². The lowest BCUT2D eigenvalue weighted by Crippen LogP contribution is -2.49. The maximum atomic E-state index is 11.2. The van der Waals surface area contributed by atoms with Gasteiger partial charge in [-0.15, -0.1) is 0 Å². The Hall–Kier alpha value is -0.870. The van der Waals surface area contributed by atoms with Crippen molar-refractivity contribution in [1.82, 2.24) is 4.90 Å². The van der Waals surface area contributed by atoms with Crippen LogP contribution in [0.1, 0.15) is 6.92 Å². The topological polar surface area (TPSA) is 49.8 Å². The van der Waals surface area contributed by atoms with Crippen LogP contribution in [0.3, 0.4) is 0 Å². The van der Waals surface area contributed by atoms with E-state index >= 15 is 0 Å².